The molecule has 3 nitrogen and oxygen atoms in total. The summed E-state index contributed by atoms with van der Waals surface area (Å²) in [6.45, 7) is 4.79. The largest absolute Gasteiger partial charge is 0.439 e. The van der Waals surface area contributed by atoms with Crippen LogP contribution in [0.3, 0.4) is 0 Å². The van der Waals surface area contributed by atoms with Crippen molar-refractivity contribution >= 4 is 11.6 Å². The molecule has 0 aliphatic rings. The van der Waals surface area contributed by atoms with Crippen molar-refractivity contribution in [1.82, 2.24) is 10.3 Å². The zero-order chi connectivity index (χ0) is 13.7. The molecule has 1 aromatic carbocycles. The van der Waals surface area contributed by atoms with Gasteiger partial charge in [-0.2, -0.15) is 0 Å². The third kappa shape index (κ3) is 4.23. The lowest BCUT2D eigenvalue weighted by Crippen LogP contribution is -2.22. The van der Waals surface area contributed by atoms with Crippen LogP contribution in [0.15, 0.2) is 42.5 Å². The molecule has 1 heterocycles. The fraction of sp³-hybridized carbons (Fsp3) is 0.267. The SMILES string of the molecule is CC(C)NCc1nc(Oc2ccccc2)ccc1Cl. The fourth-order valence-electron chi connectivity index (χ4n) is 1.56. The molecule has 0 amide bonds. The number of nitrogens with one attached hydrogen (secondary N) is 1. The highest BCUT2D eigenvalue weighted by atomic mass is 35.5. The summed E-state index contributed by atoms with van der Waals surface area (Å²) in [4.78, 5) is 4.42. The van der Waals surface area contributed by atoms with Crippen molar-refractivity contribution in [3.05, 3.63) is 53.2 Å². The average Bonchev–Trinajstić information content (AvgIpc) is 2.40. The molecule has 0 bridgehead atoms. The maximum atomic E-state index is 6.12. The van der Waals surface area contributed by atoms with Crippen molar-refractivity contribution in [1.29, 1.82) is 0 Å². The van der Waals surface area contributed by atoms with Crippen LogP contribution in [0, 0.1) is 0 Å². The molecule has 1 aromatic heterocycles. The van der Waals surface area contributed by atoms with Crippen molar-refractivity contribution in [2.75, 3.05) is 0 Å². The zero-order valence-electron chi connectivity index (χ0n) is 11.1. The van der Waals surface area contributed by atoms with Crippen LogP contribution in [0.1, 0.15) is 19.5 Å². The van der Waals surface area contributed by atoms with Gasteiger partial charge in [0.1, 0.15) is 5.75 Å². The van der Waals surface area contributed by atoms with E-state index < -0.39 is 0 Å². The molecule has 0 unspecified atom stereocenters. The molecule has 0 saturated heterocycles. The standard InChI is InChI=1S/C15H17ClN2O/c1-11(2)17-10-14-13(16)8-9-15(18-14)19-12-6-4-3-5-7-12/h3-9,11,17H,10H2,1-2H3. The Balaban J connectivity index is 2.12. The molecule has 0 aliphatic carbocycles. The summed E-state index contributed by atoms with van der Waals surface area (Å²) in [7, 11) is 0. The number of ether oxygens (including phenoxy) is 1. The first-order chi connectivity index (χ1) is 9.15. The number of aromatic nitrogens is 1. The number of para-hydroxylation sites is 1. The Labute approximate surface area is 118 Å². The first kappa shape index (κ1) is 13.8. The molecule has 0 radical (unpaired) electrons. The molecular formula is C15H17ClN2O. The van der Waals surface area contributed by atoms with Gasteiger partial charge in [0.2, 0.25) is 5.88 Å². The second-order valence-corrected chi connectivity index (χ2v) is 4.94. The van der Waals surface area contributed by atoms with Gasteiger partial charge in [-0.05, 0) is 18.2 Å². The lowest BCUT2D eigenvalue weighted by molar-refractivity contribution is 0.458. The fourth-order valence-corrected chi connectivity index (χ4v) is 1.73. The van der Waals surface area contributed by atoms with Crippen molar-refractivity contribution in [2.24, 2.45) is 0 Å². The highest BCUT2D eigenvalue weighted by Gasteiger charge is 2.06. The van der Waals surface area contributed by atoms with Crippen LogP contribution in [0.5, 0.6) is 11.6 Å². The summed E-state index contributed by atoms with van der Waals surface area (Å²) in [6.07, 6.45) is 0. The van der Waals surface area contributed by atoms with Crippen LogP contribution in [0.4, 0.5) is 0 Å². The van der Waals surface area contributed by atoms with Gasteiger partial charge in [-0.3, -0.25) is 0 Å². The Morgan fingerprint density at radius 3 is 2.58 bits per heavy atom. The first-order valence-electron chi connectivity index (χ1n) is 6.27. The van der Waals surface area contributed by atoms with E-state index in [2.05, 4.69) is 24.1 Å². The predicted molar refractivity (Wildman–Crippen MR) is 77.7 cm³/mol. The Morgan fingerprint density at radius 2 is 1.89 bits per heavy atom. The molecule has 1 N–H and O–H groups in total. The molecule has 0 fully saturated rings. The van der Waals surface area contributed by atoms with E-state index in [0.29, 0.717) is 23.5 Å². The quantitative estimate of drug-likeness (QED) is 0.895. The van der Waals surface area contributed by atoms with Crippen molar-refractivity contribution in [3.63, 3.8) is 0 Å². The van der Waals surface area contributed by atoms with Gasteiger partial charge in [0, 0.05) is 18.7 Å². The molecule has 19 heavy (non-hydrogen) atoms. The van der Waals surface area contributed by atoms with Crippen LogP contribution in [0.25, 0.3) is 0 Å². The minimum Gasteiger partial charge on any atom is -0.439 e. The summed E-state index contributed by atoms with van der Waals surface area (Å²) in [5.74, 6) is 1.32. The van der Waals surface area contributed by atoms with Gasteiger partial charge in [0.15, 0.2) is 0 Å². The van der Waals surface area contributed by atoms with Crippen LogP contribution >= 0.6 is 11.6 Å². The minimum absolute atomic E-state index is 0.386. The Kier molecular flexibility index (Phi) is 4.77. The average molecular weight is 277 g/mol. The van der Waals surface area contributed by atoms with Gasteiger partial charge in [-0.25, -0.2) is 4.98 Å². The smallest absolute Gasteiger partial charge is 0.219 e. The topological polar surface area (TPSA) is 34.2 Å². The number of hydrogen-bond donors (Lipinski definition) is 1. The van der Waals surface area contributed by atoms with E-state index in [-0.39, 0.29) is 0 Å². The van der Waals surface area contributed by atoms with Crippen molar-refractivity contribution in [3.8, 4) is 11.6 Å². The zero-order valence-corrected chi connectivity index (χ0v) is 11.8. The van der Waals surface area contributed by atoms with E-state index in [4.69, 9.17) is 16.3 Å². The Bertz CT molecular complexity index is 529. The number of benzene rings is 1. The minimum atomic E-state index is 0.386. The molecule has 0 atom stereocenters. The second-order valence-electron chi connectivity index (χ2n) is 4.53. The van der Waals surface area contributed by atoms with Gasteiger partial charge < -0.3 is 10.1 Å². The molecule has 2 rings (SSSR count). The molecule has 0 spiro atoms. The monoisotopic (exact) mass is 276 g/mol. The van der Waals surface area contributed by atoms with E-state index in [1.807, 2.05) is 36.4 Å². The lowest BCUT2D eigenvalue weighted by atomic mass is 10.3. The van der Waals surface area contributed by atoms with E-state index in [1.54, 1.807) is 6.07 Å². The summed E-state index contributed by atoms with van der Waals surface area (Å²) in [5, 5.41) is 3.94. The van der Waals surface area contributed by atoms with Crippen LogP contribution in [-0.4, -0.2) is 11.0 Å². The first-order valence-corrected chi connectivity index (χ1v) is 6.64. The number of hydrogen-bond acceptors (Lipinski definition) is 3. The molecule has 4 heteroatoms. The predicted octanol–water partition coefficient (Wildman–Crippen LogP) is 4.03. The second kappa shape index (κ2) is 6.55. The number of halogens is 1. The van der Waals surface area contributed by atoms with Gasteiger partial charge in [0.05, 0.1) is 10.7 Å². The van der Waals surface area contributed by atoms with Crippen molar-refractivity contribution in [2.45, 2.75) is 26.4 Å². The Hall–Kier alpha value is -1.58. The molecule has 100 valence electrons. The van der Waals surface area contributed by atoms with E-state index in [0.717, 1.165) is 11.4 Å². The maximum Gasteiger partial charge on any atom is 0.219 e. The summed E-state index contributed by atoms with van der Waals surface area (Å²) in [5.41, 5.74) is 0.795. The van der Waals surface area contributed by atoms with Gasteiger partial charge >= 0.3 is 0 Å². The van der Waals surface area contributed by atoms with Gasteiger partial charge in [-0.15, -0.1) is 0 Å². The number of pyridine rings is 1. The van der Waals surface area contributed by atoms with E-state index >= 15 is 0 Å². The number of rotatable bonds is 5. The molecular weight excluding hydrogens is 260 g/mol. The number of nitrogens with zero attached hydrogens (tertiary/aromatic N) is 1. The van der Waals surface area contributed by atoms with Crippen molar-refractivity contribution < 1.29 is 4.74 Å². The Morgan fingerprint density at radius 1 is 1.16 bits per heavy atom. The van der Waals surface area contributed by atoms with E-state index in [1.165, 1.54) is 0 Å². The summed E-state index contributed by atoms with van der Waals surface area (Å²) >= 11 is 6.12. The maximum absolute atomic E-state index is 6.12. The molecule has 0 aliphatic heterocycles. The summed E-state index contributed by atoms with van der Waals surface area (Å²) in [6, 6.07) is 13.5. The lowest BCUT2D eigenvalue weighted by Gasteiger charge is -2.11. The molecule has 0 saturated carbocycles. The third-order valence-electron chi connectivity index (χ3n) is 2.54. The van der Waals surface area contributed by atoms with E-state index in [9.17, 15) is 0 Å². The van der Waals surface area contributed by atoms with Crippen LogP contribution in [-0.2, 0) is 6.54 Å². The third-order valence-corrected chi connectivity index (χ3v) is 2.88. The van der Waals surface area contributed by atoms with Crippen LogP contribution < -0.4 is 10.1 Å². The summed E-state index contributed by atoms with van der Waals surface area (Å²) < 4.78 is 5.68. The normalized spacial score (nSPS) is 10.7. The van der Waals surface area contributed by atoms with Gasteiger partial charge in [0.25, 0.3) is 0 Å². The highest BCUT2D eigenvalue weighted by Crippen LogP contribution is 2.22. The van der Waals surface area contributed by atoms with Gasteiger partial charge in [-0.1, -0.05) is 43.6 Å². The highest BCUT2D eigenvalue weighted by molar-refractivity contribution is 6.31. The van der Waals surface area contributed by atoms with Crippen LogP contribution in [0.2, 0.25) is 5.02 Å². The molecule has 2 aromatic rings.